The average molecular weight is 176 g/mol. The maximum Gasteiger partial charge on any atom is 0.303 e. The van der Waals surface area contributed by atoms with E-state index in [-0.39, 0.29) is 12.1 Å². The van der Waals surface area contributed by atoms with E-state index in [4.69, 9.17) is 4.74 Å². The van der Waals surface area contributed by atoms with Gasteiger partial charge in [-0.3, -0.25) is 4.79 Å². The Kier molecular flexibility index (Phi) is 1.81. The summed E-state index contributed by atoms with van der Waals surface area (Å²) in [6.45, 7) is 1.38. The molecule has 0 saturated carbocycles. The quantitative estimate of drug-likeness (QED) is 0.601. The van der Waals surface area contributed by atoms with Crippen LogP contribution in [0, 0.1) is 0 Å². The van der Waals surface area contributed by atoms with E-state index in [0.29, 0.717) is 0 Å². The highest BCUT2D eigenvalue weighted by atomic mass is 16.5. The van der Waals surface area contributed by atoms with Crippen LogP contribution in [0.2, 0.25) is 0 Å². The summed E-state index contributed by atoms with van der Waals surface area (Å²) in [6, 6.07) is 0. The summed E-state index contributed by atoms with van der Waals surface area (Å²) in [5.41, 5.74) is 1.67. The molecule has 0 radical (unpaired) electrons. The molecule has 4 heteroatoms. The number of esters is 1. The molecular weight excluding hydrogens is 168 g/mol. The summed E-state index contributed by atoms with van der Waals surface area (Å²) in [5.74, 6) is -0.305. The Balaban J connectivity index is 2.28. The number of hydrogen-bond acceptors (Lipinski definition) is 4. The third-order valence-corrected chi connectivity index (χ3v) is 1.79. The van der Waals surface area contributed by atoms with Crippen LogP contribution in [0.5, 0.6) is 0 Å². The molecule has 0 aliphatic heterocycles. The molecule has 0 saturated heterocycles. The van der Waals surface area contributed by atoms with Crippen molar-refractivity contribution < 1.29 is 9.53 Å². The van der Waals surface area contributed by atoms with Crippen molar-refractivity contribution in [2.24, 2.45) is 0 Å². The van der Waals surface area contributed by atoms with E-state index < -0.39 is 0 Å². The highest BCUT2D eigenvalue weighted by Crippen LogP contribution is 2.27. The van der Waals surface area contributed by atoms with Gasteiger partial charge in [0.1, 0.15) is 6.33 Å². The van der Waals surface area contributed by atoms with Gasteiger partial charge in [0, 0.05) is 18.7 Å². The number of rotatable bonds is 1. The molecular formula is C9H8N2O2. The molecule has 13 heavy (non-hydrogen) atoms. The van der Waals surface area contributed by atoms with Crippen molar-refractivity contribution in [1.29, 1.82) is 0 Å². The molecule has 1 aliphatic rings. The van der Waals surface area contributed by atoms with E-state index in [9.17, 15) is 4.79 Å². The minimum atomic E-state index is -0.338. The molecule has 0 fully saturated rings. The zero-order valence-electron chi connectivity index (χ0n) is 7.10. The third kappa shape index (κ3) is 1.42. The molecule has 4 nitrogen and oxygen atoms in total. The topological polar surface area (TPSA) is 52.1 Å². The molecule has 0 N–H and O–H groups in total. The summed E-state index contributed by atoms with van der Waals surface area (Å²) >= 11 is 0. The predicted molar refractivity (Wildman–Crippen MR) is 45.6 cm³/mol. The molecule has 0 spiro atoms. The van der Waals surface area contributed by atoms with Gasteiger partial charge in [-0.1, -0.05) is 6.08 Å². The molecule has 0 bridgehead atoms. The van der Waals surface area contributed by atoms with Gasteiger partial charge in [0.25, 0.3) is 0 Å². The molecule has 1 aliphatic carbocycles. The van der Waals surface area contributed by atoms with Crippen LogP contribution < -0.4 is 0 Å². The summed E-state index contributed by atoms with van der Waals surface area (Å²) in [7, 11) is 0. The van der Waals surface area contributed by atoms with Gasteiger partial charge in [-0.05, 0) is 6.08 Å². The normalized spacial score (nSPS) is 18.4. The maximum absolute atomic E-state index is 10.7. The lowest BCUT2D eigenvalue weighted by Crippen LogP contribution is -2.06. The Labute approximate surface area is 75.3 Å². The van der Waals surface area contributed by atoms with E-state index >= 15 is 0 Å². The van der Waals surface area contributed by atoms with Gasteiger partial charge in [-0.15, -0.1) is 0 Å². The number of aromatic nitrogens is 2. The predicted octanol–water partition coefficient (Wildman–Crippen LogP) is 1.11. The lowest BCUT2D eigenvalue weighted by atomic mass is 10.2. The Bertz CT molecular complexity index is 374. The molecule has 1 heterocycles. The first-order valence-electron chi connectivity index (χ1n) is 3.92. The van der Waals surface area contributed by atoms with Crippen molar-refractivity contribution >= 4 is 12.0 Å². The highest BCUT2D eigenvalue weighted by molar-refractivity contribution is 5.68. The minimum Gasteiger partial charge on any atom is -0.452 e. The third-order valence-electron chi connectivity index (χ3n) is 1.79. The number of hydrogen-bond donors (Lipinski definition) is 0. The second kappa shape index (κ2) is 2.97. The van der Waals surface area contributed by atoms with Gasteiger partial charge in [0.05, 0.1) is 5.69 Å². The first kappa shape index (κ1) is 7.91. The van der Waals surface area contributed by atoms with Gasteiger partial charge < -0.3 is 4.74 Å². The van der Waals surface area contributed by atoms with Crippen molar-refractivity contribution in [3.8, 4) is 0 Å². The Hall–Kier alpha value is -1.71. The number of nitrogens with zero attached hydrogens (tertiary/aromatic N) is 2. The fourth-order valence-electron chi connectivity index (χ4n) is 1.27. The van der Waals surface area contributed by atoms with Crippen LogP contribution >= 0.6 is 0 Å². The molecule has 0 amide bonds. The van der Waals surface area contributed by atoms with E-state index in [0.717, 1.165) is 11.3 Å². The lowest BCUT2D eigenvalue weighted by molar-refractivity contribution is -0.144. The first-order valence-corrected chi connectivity index (χ1v) is 3.92. The molecule has 1 unspecified atom stereocenters. The zero-order chi connectivity index (χ0) is 9.26. The smallest absolute Gasteiger partial charge is 0.303 e. The van der Waals surface area contributed by atoms with Crippen LogP contribution in [-0.2, 0) is 9.53 Å². The van der Waals surface area contributed by atoms with E-state index in [1.165, 1.54) is 13.3 Å². The molecule has 1 aromatic heterocycles. The van der Waals surface area contributed by atoms with Crippen LogP contribution in [-0.4, -0.2) is 15.9 Å². The van der Waals surface area contributed by atoms with Crippen LogP contribution in [0.4, 0.5) is 0 Å². The van der Waals surface area contributed by atoms with Crippen LogP contribution in [0.1, 0.15) is 24.3 Å². The van der Waals surface area contributed by atoms with E-state index in [2.05, 4.69) is 9.97 Å². The van der Waals surface area contributed by atoms with Gasteiger partial charge in [-0.2, -0.15) is 0 Å². The van der Waals surface area contributed by atoms with Gasteiger partial charge in [-0.25, -0.2) is 9.97 Å². The largest absolute Gasteiger partial charge is 0.452 e. The number of fused-ring (bicyclic) bond motifs is 1. The summed E-state index contributed by atoms with van der Waals surface area (Å²) < 4.78 is 5.02. The monoisotopic (exact) mass is 176 g/mol. The summed E-state index contributed by atoms with van der Waals surface area (Å²) in [5, 5.41) is 0. The molecule has 1 atom stereocenters. The lowest BCUT2D eigenvalue weighted by Gasteiger charge is -2.08. The number of carbonyl (C=O) groups is 1. The first-order chi connectivity index (χ1) is 6.27. The van der Waals surface area contributed by atoms with Crippen LogP contribution in [0.25, 0.3) is 6.08 Å². The Morgan fingerprint density at radius 2 is 2.46 bits per heavy atom. The molecule has 2 rings (SSSR count). The second-order valence-electron chi connectivity index (χ2n) is 2.75. The van der Waals surface area contributed by atoms with Crippen molar-refractivity contribution in [1.82, 2.24) is 9.97 Å². The number of carbonyl (C=O) groups excluding carboxylic acids is 1. The van der Waals surface area contributed by atoms with Gasteiger partial charge in [0.2, 0.25) is 0 Å². The van der Waals surface area contributed by atoms with Gasteiger partial charge >= 0.3 is 5.97 Å². The molecule has 1 aromatic rings. The molecule has 66 valence electrons. The Morgan fingerprint density at radius 1 is 1.62 bits per heavy atom. The fourth-order valence-corrected chi connectivity index (χ4v) is 1.27. The SMILES string of the molecule is CC(=O)OC1C=Cc2cncnc21. The number of ether oxygens (including phenoxy) is 1. The average Bonchev–Trinajstić information content (AvgIpc) is 2.48. The van der Waals surface area contributed by atoms with Crippen molar-refractivity contribution in [3.63, 3.8) is 0 Å². The molecule has 0 aromatic carbocycles. The fraction of sp³-hybridized carbons (Fsp3) is 0.222. The second-order valence-corrected chi connectivity index (χ2v) is 2.75. The van der Waals surface area contributed by atoms with Crippen LogP contribution in [0.3, 0.4) is 0 Å². The van der Waals surface area contributed by atoms with Crippen molar-refractivity contribution in [3.05, 3.63) is 29.9 Å². The van der Waals surface area contributed by atoms with Crippen molar-refractivity contribution in [2.75, 3.05) is 0 Å². The highest BCUT2D eigenvalue weighted by Gasteiger charge is 2.20. The minimum absolute atomic E-state index is 0.305. The standard InChI is InChI=1S/C9H8N2O2/c1-6(12)13-8-3-2-7-4-10-5-11-9(7)8/h2-5,8H,1H3. The summed E-state index contributed by atoms with van der Waals surface area (Å²) in [4.78, 5) is 18.6. The van der Waals surface area contributed by atoms with E-state index in [1.807, 2.05) is 6.08 Å². The van der Waals surface area contributed by atoms with Crippen molar-refractivity contribution in [2.45, 2.75) is 13.0 Å². The van der Waals surface area contributed by atoms with E-state index in [1.54, 1.807) is 12.3 Å². The van der Waals surface area contributed by atoms with Gasteiger partial charge in [0.15, 0.2) is 6.10 Å². The Morgan fingerprint density at radius 3 is 3.23 bits per heavy atom. The maximum atomic E-state index is 10.7. The zero-order valence-corrected chi connectivity index (χ0v) is 7.10. The summed E-state index contributed by atoms with van der Waals surface area (Å²) in [6.07, 6.45) is 6.45. The van der Waals surface area contributed by atoms with Crippen LogP contribution in [0.15, 0.2) is 18.6 Å².